The summed E-state index contributed by atoms with van der Waals surface area (Å²) < 4.78 is 10.7. The molecule has 1 aliphatic heterocycles. The van der Waals surface area contributed by atoms with Gasteiger partial charge in [0.05, 0.1) is 19.8 Å². The van der Waals surface area contributed by atoms with Crippen LogP contribution in [0.4, 0.5) is 0 Å². The van der Waals surface area contributed by atoms with E-state index < -0.39 is 0 Å². The van der Waals surface area contributed by atoms with Crippen LogP contribution in [0.25, 0.3) is 11.5 Å². The molecule has 0 bridgehead atoms. The van der Waals surface area contributed by atoms with E-state index in [0.29, 0.717) is 31.7 Å². The minimum absolute atomic E-state index is 0.585. The quantitative estimate of drug-likeness (QED) is 0.908. The molecule has 2 heterocycles. The molecule has 1 aromatic heterocycles. The van der Waals surface area contributed by atoms with E-state index in [-0.39, 0.29) is 0 Å². The van der Waals surface area contributed by atoms with Crippen LogP contribution in [0.3, 0.4) is 0 Å². The summed E-state index contributed by atoms with van der Waals surface area (Å²) in [5.74, 6) is 1.31. The van der Waals surface area contributed by atoms with Crippen LogP contribution < -0.4 is 5.32 Å². The van der Waals surface area contributed by atoms with Gasteiger partial charge in [0.1, 0.15) is 0 Å². The Balaban J connectivity index is 1.54. The lowest BCUT2D eigenvalue weighted by Crippen LogP contribution is -2.16. The number of nitrogens with one attached hydrogen (secondary N) is 1. The number of nitrogens with zero attached hydrogens (tertiary/aromatic N) is 2. The first-order valence-electron chi connectivity index (χ1n) is 6.64. The van der Waals surface area contributed by atoms with E-state index in [1.807, 2.05) is 6.07 Å². The zero-order valence-electron chi connectivity index (χ0n) is 10.6. The Bertz CT molecular complexity index is 604. The molecule has 5 nitrogen and oxygen atoms in total. The molecule has 1 fully saturated rings. The molecular weight excluding hydrogens is 242 g/mol. The van der Waals surface area contributed by atoms with Crippen molar-refractivity contribution in [3.05, 3.63) is 35.2 Å². The second-order valence-electron chi connectivity index (χ2n) is 5.15. The van der Waals surface area contributed by atoms with E-state index in [0.717, 1.165) is 11.4 Å². The third kappa shape index (κ3) is 2.27. The third-order valence-electron chi connectivity index (χ3n) is 3.56. The largest absolute Gasteiger partial charge is 0.372 e. The maximum Gasteiger partial charge on any atom is 0.257 e. The van der Waals surface area contributed by atoms with Gasteiger partial charge >= 0.3 is 0 Å². The summed E-state index contributed by atoms with van der Waals surface area (Å²) >= 11 is 0. The van der Waals surface area contributed by atoms with E-state index in [2.05, 4.69) is 27.6 Å². The molecule has 1 saturated carbocycles. The number of ether oxygens (including phenoxy) is 1. The summed E-state index contributed by atoms with van der Waals surface area (Å²) in [6.45, 7) is 2.06. The Labute approximate surface area is 111 Å². The molecule has 19 heavy (non-hydrogen) atoms. The average Bonchev–Trinajstić information content (AvgIpc) is 2.96. The van der Waals surface area contributed by atoms with Gasteiger partial charge in [-0.3, -0.25) is 0 Å². The summed E-state index contributed by atoms with van der Waals surface area (Å²) in [4.78, 5) is 4.42. The predicted octanol–water partition coefficient (Wildman–Crippen LogP) is 2.02. The Hall–Kier alpha value is -1.72. The molecule has 1 N–H and O–H groups in total. The standard InChI is InChI=1S/C14H15N3O2/c1-2-10-7-18-8-11(10)5-9(1)14-16-13(17-19-14)6-15-12-3-4-12/h1-2,5,12,15H,3-4,6-8H2. The van der Waals surface area contributed by atoms with Crippen molar-refractivity contribution in [2.45, 2.75) is 38.6 Å². The first-order valence-corrected chi connectivity index (χ1v) is 6.64. The molecule has 5 heteroatoms. The van der Waals surface area contributed by atoms with Gasteiger partial charge in [0.2, 0.25) is 0 Å². The number of fused-ring (bicyclic) bond motifs is 1. The SMILES string of the molecule is c1cc2c(cc1-c1nc(CNC3CC3)no1)COC2. The maximum absolute atomic E-state index is 5.41. The van der Waals surface area contributed by atoms with Gasteiger partial charge in [-0.15, -0.1) is 0 Å². The molecule has 1 aliphatic carbocycles. The van der Waals surface area contributed by atoms with Crippen molar-refractivity contribution < 1.29 is 9.26 Å². The lowest BCUT2D eigenvalue weighted by molar-refractivity contribution is 0.134. The van der Waals surface area contributed by atoms with E-state index >= 15 is 0 Å². The average molecular weight is 257 g/mol. The van der Waals surface area contributed by atoms with Gasteiger partial charge in [-0.1, -0.05) is 11.2 Å². The van der Waals surface area contributed by atoms with E-state index in [9.17, 15) is 0 Å². The molecule has 98 valence electrons. The van der Waals surface area contributed by atoms with Crippen LogP contribution in [-0.4, -0.2) is 16.2 Å². The Kier molecular flexibility index (Phi) is 2.60. The van der Waals surface area contributed by atoms with Gasteiger partial charge in [-0.2, -0.15) is 4.98 Å². The molecule has 0 spiro atoms. The number of aromatic nitrogens is 2. The number of hydrogen-bond donors (Lipinski definition) is 1. The molecule has 0 radical (unpaired) electrons. The van der Waals surface area contributed by atoms with Gasteiger partial charge in [0.25, 0.3) is 5.89 Å². The smallest absolute Gasteiger partial charge is 0.257 e. The molecule has 2 aromatic rings. The summed E-state index contributed by atoms with van der Waals surface area (Å²) in [6, 6.07) is 6.82. The van der Waals surface area contributed by atoms with Crippen LogP contribution in [0.2, 0.25) is 0 Å². The summed E-state index contributed by atoms with van der Waals surface area (Å²) in [7, 11) is 0. The van der Waals surface area contributed by atoms with Crippen LogP contribution in [0.15, 0.2) is 22.7 Å². The molecular formula is C14H15N3O2. The number of hydrogen-bond acceptors (Lipinski definition) is 5. The fourth-order valence-electron chi connectivity index (χ4n) is 2.27. The number of benzene rings is 1. The highest BCUT2D eigenvalue weighted by molar-refractivity contribution is 5.56. The highest BCUT2D eigenvalue weighted by atomic mass is 16.5. The van der Waals surface area contributed by atoms with Crippen molar-refractivity contribution in [3.8, 4) is 11.5 Å². The van der Waals surface area contributed by atoms with Gasteiger partial charge in [-0.05, 0) is 36.1 Å². The van der Waals surface area contributed by atoms with Gasteiger partial charge in [-0.25, -0.2) is 0 Å². The first kappa shape index (κ1) is 11.1. The van der Waals surface area contributed by atoms with Crippen LogP contribution in [0, 0.1) is 0 Å². The van der Waals surface area contributed by atoms with Crippen LogP contribution >= 0.6 is 0 Å². The zero-order valence-corrected chi connectivity index (χ0v) is 10.6. The monoisotopic (exact) mass is 257 g/mol. The summed E-state index contributed by atoms with van der Waals surface area (Å²) in [5.41, 5.74) is 3.43. The predicted molar refractivity (Wildman–Crippen MR) is 68.1 cm³/mol. The highest BCUT2D eigenvalue weighted by Crippen LogP contribution is 2.26. The Morgan fingerprint density at radius 1 is 1.21 bits per heavy atom. The van der Waals surface area contributed by atoms with Crippen molar-refractivity contribution in [3.63, 3.8) is 0 Å². The maximum atomic E-state index is 5.41. The fraction of sp³-hybridized carbons (Fsp3) is 0.429. The van der Waals surface area contributed by atoms with Crippen molar-refractivity contribution >= 4 is 0 Å². The first-order chi connectivity index (χ1) is 9.38. The minimum atomic E-state index is 0.585. The molecule has 4 rings (SSSR count). The topological polar surface area (TPSA) is 60.2 Å². The lowest BCUT2D eigenvalue weighted by Gasteiger charge is -1.98. The van der Waals surface area contributed by atoms with Crippen LogP contribution in [0.5, 0.6) is 0 Å². The third-order valence-corrected chi connectivity index (χ3v) is 3.56. The van der Waals surface area contributed by atoms with Crippen LogP contribution in [0.1, 0.15) is 29.8 Å². The van der Waals surface area contributed by atoms with Crippen molar-refractivity contribution in [1.29, 1.82) is 0 Å². The van der Waals surface area contributed by atoms with E-state index in [1.54, 1.807) is 0 Å². The second kappa shape index (κ2) is 4.43. The highest BCUT2D eigenvalue weighted by Gasteiger charge is 2.21. The summed E-state index contributed by atoms with van der Waals surface area (Å²) in [5, 5.41) is 7.38. The number of rotatable bonds is 4. The second-order valence-corrected chi connectivity index (χ2v) is 5.15. The Morgan fingerprint density at radius 3 is 3.00 bits per heavy atom. The minimum Gasteiger partial charge on any atom is -0.372 e. The molecule has 0 saturated heterocycles. The molecule has 1 aromatic carbocycles. The van der Waals surface area contributed by atoms with Crippen LogP contribution in [-0.2, 0) is 24.5 Å². The normalized spacial score (nSPS) is 17.7. The Morgan fingerprint density at radius 2 is 2.11 bits per heavy atom. The van der Waals surface area contributed by atoms with Gasteiger partial charge in [0, 0.05) is 11.6 Å². The lowest BCUT2D eigenvalue weighted by atomic mass is 10.1. The van der Waals surface area contributed by atoms with E-state index in [1.165, 1.54) is 24.0 Å². The molecule has 0 unspecified atom stereocenters. The molecule has 2 aliphatic rings. The molecule has 0 amide bonds. The zero-order chi connectivity index (χ0) is 12.7. The van der Waals surface area contributed by atoms with Crippen molar-refractivity contribution in [2.24, 2.45) is 0 Å². The van der Waals surface area contributed by atoms with Crippen molar-refractivity contribution in [2.75, 3.05) is 0 Å². The summed E-state index contributed by atoms with van der Waals surface area (Å²) in [6.07, 6.45) is 2.52. The van der Waals surface area contributed by atoms with Gasteiger partial charge < -0.3 is 14.6 Å². The van der Waals surface area contributed by atoms with Crippen molar-refractivity contribution in [1.82, 2.24) is 15.5 Å². The molecule has 0 atom stereocenters. The van der Waals surface area contributed by atoms with E-state index in [4.69, 9.17) is 9.26 Å². The fourth-order valence-corrected chi connectivity index (χ4v) is 2.27. The van der Waals surface area contributed by atoms with Gasteiger partial charge in [0.15, 0.2) is 5.82 Å².